The molecule has 6 aliphatic rings. The number of hydrogen-bond donors (Lipinski definition) is 2. The van der Waals surface area contributed by atoms with Crippen molar-refractivity contribution in [2.24, 2.45) is 44.7 Å². The molecule has 4 bridgehead atoms. The number of amides is 2. The summed E-state index contributed by atoms with van der Waals surface area (Å²) in [4.78, 5) is 48.9. The smallest absolute Gasteiger partial charge is 0.305 e. The first kappa shape index (κ1) is 31.7. The van der Waals surface area contributed by atoms with Crippen molar-refractivity contribution in [3.8, 4) is 0 Å². The summed E-state index contributed by atoms with van der Waals surface area (Å²) in [6.45, 7) is 13.2. The van der Waals surface area contributed by atoms with E-state index in [0.29, 0.717) is 37.9 Å². The normalized spacial score (nSPS) is 33.9. The Hall–Kier alpha value is -2.78. The van der Waals surface area contributed by atoms with Crippen LogP contribution in [0, 0.1) is 34.5 Å². The van der Waals surface area contributed by atoms with E-state index in [-0.39, 0.29) is 72.1 Å². The largest absolute Gasteiger partial charge is 0.466 e. The fourth-order valence-corrected chi connectivity index (χ4v) is 6.56. The van der Waals surface area contributed by atoms with Gasteiger partial charge < -0.3 is 9.47 Å². The lowest BCUT2D eigenvalue weighted by Gasteiger charge is -2.52. The van der Waals surface area contributed by atoms with Gasteiger partial charge in [-0.3, -0.25) is 19.2 Å². The van der Waals surface area contributed by atoms with Crippen LogP contribution in [0.1, 0.15) is 106 Å². The number of nitrogens with one attached hydrogen (secondary N) is 2. The van der Waals surface area contributed by atoms with Gasteiger partial charge in [-0.2, -0.15) is 10.2 Å². The predicted molar refractivity (Wildman–Crippen MR) is 152 cm³/mol. The Morgan fingerprint density at radius 1 is 0.650 bits per heavy atom. The molecule has 4 atom stereocenters. The first-order valence-electron chi connectivity index (χ1n) is 14.8. The van der Waals surface area contributed by atoms with E-state index >= 15 is 0 Å². The zero-order valence-corrected chi connectivity index (χ0v) is 25.1. The summed E-state index contributed by atoms with van der Waals surface area (Å²) in [5.41, 5.74) is 6.96. The molecule has 10 heteroatoms. The van der Waals surface area contributed by atoms with Crippen LogP contribution in [-0.4, -0.2) is 48.4 Å². The third-order valence-corrected chi connectivity index (χ3v) is 9.69. The lowest BCUT2D eigenvalue weighted by Crippen LogP contribution is -2.49. The van der Waals surface area contributed by atoms with Gasteiger partial charge >= 0.3 is 11.9 Å². The molecular formula is C30H48N4O6. The van der Waals surface area contributed by atoms with E-state index in [2.05, 4.69) is 48.7 Å². The van der Waals surface area contributed by atoms with Gasteiger partial charge in [0.15, 0.2) is 0 Å². The Morgan fingerprint density at radius 3 is 1.40 bits per heavy atom. The molecule has 40 heavy (non-hydrogen) atoms. The molecule has 0 spiro atoms. The van der Waals surface area contributed by atoms with Crippen LogP contribution >= 0.6 is 0 Å². The van der Waals surface area contributed by atoms with Crippen molar-refractivity contribution >= 4 is 35.2 Å². The molecule has 2 amide bonds. The lowest BCUT2D eigenvalue weighted by molar-refractivity contribution is -0.147. The predicted octanol–water partition coefficient (Wildman–Crippen LogP) is 4.52. The van der Waals surface area contributed by atoms with Crippen LogP contribution < -0.4 is 10.9 Å². The minimum Gasteiger partial charge on any atom is -0.466 e. The van der Waals surface area contributed by atoms with Gasteiger partial charge in [0, 0.05) is 48.9 Å². The molecule has 0 saturated heterocycles. The van der Waals surface area contributed by atoms with E-state index in [1.165, 1.54) is 0 Å². The van der Waals surface area contributed by atoms with E-state index in [4.69, 9.17) is 9.47 Å². The highest BCUT2D eigenvalue weighted by Crippen LogP contribution is 2.54. The van der Waals surface area contributed by atoms with Gasteiger partial charge in [-0.25, -0.2) is 10.9 Å². The number of esters is 2. The number of ether oxygens (including phenoxy) is 2. The number of hydrogen-bond acceptors (Lipinski definition) is 8. The molecule has 2 fully saturated rings. The summed E-state index contributed by atoms with van der Waals surface area (Å²) in [5, 5.41) is 8.66. The summed E-state index contributed by atoms with van der Waals surface area (Å²) in [5.74, 6) is 0.226. The number of carbonyl (C=O) groups excluding carboxylic acids is 4. The highest BCUT2D eigenvalue weighted by molar-refractivity contribution is 5.88. The van der Waals surface area contributed by atoms with Gasteiger partial charge in [-0.05, 0) is 75.0 Å². The molecule has 4 heterocycles. The molecule has 0 radical (unpaired) electrons. The van der Waals surface area contributed by atoms with Crippen LogP contribution in [0.15, 0.2) is 10.2 Å². The van der Waals surface area contributed by atoms with Gasteiger partial charge in [-0.1, -0.05) is 27.7 Å². The van der Waals surface area contributed by atoms with Crippen LogP contribution in [-0.2, 0) is 28.7 Å². The summed E-state index contributed by atoms with van der Waals surface area (Å²) in [6.07, 6.45) is 4.99. The molecule has 10 nitrogen and oxygen atoms in total. The number of nitrogens with zero attached hydrogens (tertiary/aromatic N) is 2. The van der Waals surface area contributed by atoms with E-state index < -0.39 is 0 Å². The summed E-state index contributed by atoms with van der Waals surface area (Å²) < 4.78 is 10.9. The minimum atomic E-state index is -0.287. The average Bonchev–Trinajstić information content (AvgIpc) is 2.88. The summed E-state index contributed by atoms with van der Waals surface area (Å²) >= 11 is 0. The van der Waals surface area contributed by atoms with Crippen molar-refractivity contribution in [1.82, 2.24) is 10.9 Å². The van der Waals surface area contributed by atoms with E-state index in [1.807, 2.05) is 13.8 Å². The highest BCUT2D eigenvalue weighted by Gasteiger charge is 2.49. The van der Waals surface area contributed by atoms with Crippen molar-refractivity contribution in [2.75, 3.05) is 13.2 Å². The molecule has 2 aliphatic carbocycles. The number of hydrazone groups is 2. The monoisotopic (exact) mass is 560 g/mol. The molecule has 4 aliphatic heterocycles. The molecule has 0 unspecified atom stereocenters. The Labute approximate surface area is 238 Å². The molecule has 2 saturated carbocycles. The van der Waals surface area contributed by atoms with E-state index in [9.17, 15) is 19.2 Å². The minimum absolute atomic E-state index is 0.0242. The van der Waals surface area contributed by atoms with Crippen LogP contribution in [0.3, 0.4) is 0 Å². The number of rotatable bonds is 0. The average molecular weight is 561 g/mol. The summed E-state index contributed by atoms with van der Waals surface area (Å²) in [6, 6.07) is 0. The second-order valence-corrected chi connectivity index (χ2v) is 12.9. The first-order chi connectivity index (χ1) is 18.8. The lowest BCUT2D eigenvalue weighted by atomic mass is 9.52. The Kier molecular flexibility index (Phi) is 10.9. The molecule has 0 aromatic rings. The quantitative estimate of drug-likeness (QED) is 0.418. The Bertz CT molecular complexity index is 940. The second-order valence-electron chi connectivity index (χ2n) is 12.9. The van der Waals surface area contributed by atoms with Crippen molar-refractivity contribution in [1.29, 1.82) is 0 Å². The van der Waals surface area contributed by atoms with Crippen LogP contribution in [0.5, 0.6) is 0 Å². The molecular weight excluding hydrogens is 512 g/mol. The van der Waals surface area contributed by atoms with Gasteiger partial charge in [-0.15, -0.1) is 0 Å². The maximum absolute atomic E-state index is 12.3. The molecule has 224 valence electrons. The van der Waals surface area contributed by atoms with Crippen molar-refractivity contribution in [3.63, 3.8) is 0 Å². The second kappa shape index (κ2) is 13.7. The van der Waals surface area contributed by atoms with E-state index in [0.717, 1.165) is 37.1 Å². The van der Waals surface area contributed by atoms with Gasteiger partial charge in [0.05, 0.1) is 13.2 Å². The fraction of sp³-hybridized carbons (Fsp3) is 0.800. The molecule has 2 N–H and O–H groups in total. The maximum atomic E-state index is 12.3. The van der Waals surface area contributed by atoms with E-state index in [1.54, 1.807) is 0 Å². The first-order valence-corrected chi connectivity index (χ1v) is 14.8. The zero-order chi connectivity index (χ0) is 29.5. The maximum Gasteiger partial charge on any atom is 0.305 e. The van der Waals surface area contributed by atoms with Crippen LogP contribution in [0.25, 0.3) is 0 Å². The van der Waals surface area contributed by atoms with Crippen molar-refractivity contribution < 1.29 is 28.7 Å². The highest BCUT2D eigenvalue weighted by atomic mass is 16.5. The summed E-state index contributed by atoms with van der Waals surface area (Å²) in [7, 11) is 0. The van der Waals surface area contributed by atoms with Crippen molar-refractivity contribution in [3.05, 3.63) is 0 Å². The zero-order valence-electron chi connectivity index (χ0n) is 25.1. The van der Waals surface area contributed by atoms with Crippen LogP contribution in [0.2, 0.25) is 0 Å². The topological polar surface area (TPSA) is 136 Å². The van der Waals surface area contributed by atoms with Crippen molar-refractivity contribution in [2.45, 2.75) is 106 Å². The van der Waals surface area contributed by atoms with Gasteiger partial charge in [0.2, 0.25) is 11.8 Å². The Balaban J connectivity index is 1.57. The van der Waals surface area contributed by atoms with Gasteiger partial charge in [0.25, 0.3) is 0 Å². The standard InChI is InChI=1S/C30H48N4O6/c1-19-23-17-21(29(23,3)4)13-15-39-27(37)11-8-12-28(38)40-16-14-22-18-24(30(22,5)6)20(2)32-34-26(36)10-7-9-25(35)33-31-19/h21-24H,7-18H2,1-6H3,(H,33,35)(H,34,36)/b31-19-,32-20-/t21-,22-,23-,24-/m1/s1. The fourth-order valence-electron chi connectivity index (χ4n) is 6.56. The number of carbonyl (C=O) groups is 4. The van der Waals surface area contributed by atoms with Crippen LogP contribution in [0.4, 0.5) is 0 Å². The third kappa shape index (κ3) is 8.13. The van der Waals surface area contributed by atoms with Gasteiger partial charge in [0.1, 0.15) is 0 Å². The molecule has 6 rings (SSSR count). The Morgan fingerprint density at radius 2 is 1.02 bits per heavy atom. The molecule has 0 aromatic heterocycles. The third-order valence-electron chi connectivity index (χ3n) is 9.69. The SMILES string of the molecule is C/C1=N/NC(=O)CCCC(=O)N/N=C(/C)[C@H]2C[C@@H](CCOC(=O)CCCC(=O)OCC[C@@H]3C[C@H]1C3(C)C)C2(C)C. The molecule has 0 aromatic carbocycles.